The lowest BCUT2D eigenvalue weighted by molar-refractivity contribution is 0.532. The van der Waals surface area contributed by atoms with Crippen molar-refractivity contribution in [3.05, 3.63) is 41.6 Å². The predicted octanol–water partition coefficient (Wildman–Crippen LogP) is 4.83. The SMILES string of the molecule is CC(C)(C)c1cnc2ccccc2c1C(C)(C)C. The highest BCUT2D eigenvalue weighted by molar-refractivity contribution is 5.84. The zero-order valence-electron chi connectivity index (χ0n) is 12.3. The number of rotatable bonds is 0. The minimum Gasteiger partial charge on any atom is -0.256 e. The van der Waals surface area contributed by atoms with Gasteiger partial charge in [0.2, 0.25) is 0 Å². The number of pyridine rings is 1. The molecule has 0 bridgehead atoms. The van der Waals surface area contributed by atoms with E-state index in [2.05, 4.69) is 77.0 Å². The molecule has 0 unspecified atom stereocenters. The van der Waals surface area contributed by atoms with Gasteiger partial charge in [-0.15, -0.1) is 0 Å². The van der Waals surface area contributed by atoms with Crippen LogP contribution in [0.2, 0.25) is 0 Å². The van der Waals surface area contributed by atoms with Crippen molar-refractivity contribution in [1.82, 2.24) is 4.98 Å². The van der Waals surface area contributed by atoms with E-state index in [4.69, 9.17) is 0 Å². The maximum atomic E-state index is 4.62. The highest BCUT2D eigenvalue weighted by atomic mass is 14.7. The first-order chi connectivity index (χ1) is 8.21. The molecule has 0 saturated heterocycles. The Kier molecular flexibility index (Phi) is 2.96. The Morgan fingerprint density at radius 2 is 1.44 bits per heavy atom. The van der Waals surface area contributed by atoms with E-state index in [-0.39, 0.29) is 10.8 Å². The summed E-state index contributed by atoms with van der Waals surface area (Å²) in [5.74, 6) is 0. The Hall–Kier alpha value is -1.37. The van der Waals surface area contributed by atoms with Crippen LogP contribution in [-0.4, -0.2) is 4.98 Å². The van der Waals surface area contributed by atoms with Crippen molar-refractivity contribution in [3.8, 4) is 0 Å². The van der Waals surface area contributed by atoms with E-state index < -0.39 is 0 Å². The van der Waals surface area contributed by atoms with Gasteiger partial charge < -0.3 is 0 Å². The molecule has 96 valence electrons. The Morgan fingerprint density at radius 3 is 2.00 bits per heavy atom. The number of nitrogens with zero attached hydrogens (tertiary/aromatic N) is 1. The second-order valence-corrected chi connectivity index (χ2v) is 7.06. The maximum absolute atomic E-state index is 4.62. The number of benzene rings is 1. The zero-order chi connectivity index (χ0) is 13.6. The first kappa shape index (κ1) is 13.1. The average molecular weight is 241 g/mol. The van der Waals surface area contributed by atoms with E-state index in [0.717, 1.165) is 5.52 Å². The minimum absolute atomic E-state index is 0.125. The predicted molar refractivity (Wildman–Crippen MR) is 79.1 cm³/mol. The Labute approximate surface area is 110 Å². The van der Waals surface area contributed by atoms with Crippen LogP contribution in [0.15, 0.2) is 30.5 Å². The molecule has 0 radical (unpaired) electrons. The highest BCUT2D eigenvalue weighted by Crippen LogP contribution is 2.37. The van der Waals surface area contributed by atoms with Crippen molar-refractivity contribution in [2.24, 2.45) is 0 Å². The number of fused-ring (bicyclic) bond motifs is 1. The van der Waals surface area contributed by atoms with Gasteiger partial charge in [-0.1, -0.05) is 59.7 Å². The van der Waals surface area contributed by atoms with E-state index in [0.29, 0.717) is 0 Å². The second kappa shape index (κ2) is 4.08. The summed E-state index contributed by atoms with van der Waals surface area (Å²) in [4.78, 5) is 4.62. The van der Waals surface area contributed by atoms with Gasteiger partial charge in [0.15, 0.2) is 0 Å². The van der Waals surface area contributed by atoms with E-state index in [1.54, 1.807) is 0 Å². The molecule has 0 fully saturated rings. The van der Waals surface area contributed by atoms with Gasteiger partial charge in [-0.2, -0.15) is 0 Å². The molecule has 1 aromatic heterocycles. The van der Waals surface area contributed by atoms with Gasteiger partial charge in [0.1, 0.15) is 0 Å². The van der Waals surface area contributed by atoms with Crippen molar-refractivity contribution >= 4 is 10.9 Å². The molecule has 1 nitrogen and oxygen atoms in total. The molecule has 0 saturated carbocycles. The van der Waals surface area contributed by atoms with Crippen LogP contribution in [0.3, 0.4) is 0 Å². The van der Waals surface area contributed by atoms with Crippen LogP contribution in [-0.2, 0) is 10.8 Å². The molecule has 1 heterocycles. The van der Waals surface area contributed by atoms with E-state index >= 15 is 0 Å². The first-order valence-corrected chi connectivity index (χ1v) is 6.60. The van der Waals surface area contributed by atoms with Crippen molar-refractivity contribution in [1.29, 1.82) is 0 Å². The van der Waals surface area contributed by atoms with Gasteiger partial charge in [0.05, 0.1) is 5.52 Å². The Morgan fingerprint density at radius 1 is 0.833 bits per heavy atom. The first-order valence-electron chi connectivity index (χ1n) is 6.60. The molecule has 0 aliphatic rings. The number of aromatic nitrogens is 1. The standard InChI is InChI=1S/C17H23N/c1-16(2,3)13-11-18-14-10-8-7-9-12(14)15(13)17(4,5)6/h7-11H,1-6H3. The third-order valence-corrected chi connectivity index (χ3v) is 3.33. The van der Waals surface area contributed by atoms with Crippen molar-refractivity contribution in [2.75, 3.05) is 0 Å². The van der Waals surface area contributed by atoms with Crippen molar-refractivity contribution in [3.63, 3.8) is 0 Å². The summed E-state index contributed by atoms with van der Waals surface area (Å²) < 4.78 is 0. The lowest BCUT2D eigenvalue weighted by Gasteiger charge is -2.31. The molecule has 0 atom stereocenters. The number of para-hydroxylation sites is 1. The molecule has 2 rings (SSSR count). The fraction of sp³-hybridized carbons (Fsp3) is 0.471. The summed E-state index contributed by atoms with van der Waals surface area (Å²) in [5.41, 5.74) is 4.13. The van der Waals surface area contributed by atoms with Crippen LogP contribution in [0.5, 0.6) is 0 Å². The minimum atomic E-state index is 0.125. The molecule has 1 aromatic carbocycles. The van der Waals surface area contributed by atoms with E-state index in [1.807, 2.05) is 0 Å². The summed E-state index contributed by atoms with van der Waals surface area (Å²) in [7, 11) is 0. The van der Waals surface area contributed by atoms with Crippen LogP contribution in [0.1, 0.15) is 52.7 Å². The second-order valence-electron chi connectivity index (χ2n) is 7.06. The molecule has 0 amide bonds. The molecule has 0 aliphatic heterocycles. The summed E-state index contributed by atoms with van der Waals surface area (Å²) in [6, 6.07) is 8.44. The molecule has 1 heteroatoms. The van der Waals surface area contributed by atoms with Crippen molar-refractivity contribution < 1.29 is 0 Å². The number of hydrogen-bond acceptors (Lipinski definition) is 1. The summed E-state index contributed by atoms with van der Waals surface area (Å²) in [6.45, 7) is 13.6. The summed E-state index contributed by atoms with van der Waals surface area (Å²) in [5, 5.41) is 1.29. The molecule has 18 heavy (non-hydrogen) atoms. The van der Waals surface area contributed by atoms with Gasteiger partial charge in [0, 0.05) is 11.6 Å². The molecular formula is C17H23N. The lowest BCUT2D eigenvalue weighted by Crippen LogP contribution is -2.22. The zero-order valence-corrected chi connectivity index (χ0v) is 12.3. The molecule has 0 N–H and O–H groups in total. The third-order valence-electron chi connectivity index (χ3n) is 3.33. The van der Waals surface area contributed by atoms with E-state index in [9.17, 15) is 0 Å². The largest absolute Gasteiger partial charge is 0.256 e. The van der Waals surface area contributed by atoms with Gasteiger partial charge in [-0.25, -0.2) is 0 Å². The maximum Gasteiger partial charge on any atom is 0.0705 e. The van der Waals surface area contributed by atoms with Gasteiger partial charge >= 0.3 is 0 Å². The highest BCUT2D eigenvalue weighted by Gasteiger charge is 2.27. The fourth-order valence-corrected chi connectivity index (χ4v) is 2.52. The number of hydrogen-bond donors (Lipinski definition) is 0. The Bertz CT molecular complexity index is 568. The molecule has 0 spiro atoms. The third kappa shape index (κ3) is 2.27. The fourth-order valence-electron chi connectivity index (χ4n) is 2.52. The average Bonchev–Trinajstić information content (AvgIpc) is 2.24. The smallest absolute Gasteiger partial charge is 0.0705 e. The van der Waals surface area contributed by atoms with Gasteiger partial charge in [-0.05, 0) is 28.0 Å². The molecular weight excluding hydrogens is 218 g/mol. The van der Waals surface area contributed by atoms with Crippen LogP contribution in [0.25, 0.3) is 10.9 Å². The van der Waals surface area contributed by atoms with Crippen molar-refractivity contribution in [2.45, 2.75) is 52.4 Å². The molecule has 2 aromatic rings. The lowest BCUT2D eigenvalue weighted by atomic mass is 9.74. The summed E-state index contributed by atoms with van der Waals surface area (Å²) in [6.07, 6.45) is 2.06. The topological polar surface area (TPSA) is 12.9 Å². The van der Waals surface area contributed by atoms with Crippen LogP contribution in [0.4, 0.5) is 0 Å². The Balaban J connectivity index is 2.89. The van der Waals surface area contributed by atoms with Gasteiger partial charge in [0.25, 0.3) is 0 Å². The van der Waals surface area contributed by atoms with Crippen LogP contribution in [0, 0.1) is 0 Å². The van der Waals surface area contributed by atoms with Crippen LogP contribution < -0.4 is 0 Å². The summed E-state index contributed by atoms with van der Waals surface area (Å²) >= 11 is 0. The molecule has 0 aliphatic carbocycles. The monoisotopic (exact) mass is 241 g/mol. The quantitative estimate of drug-likeness (QED) is 0.643. The van der Waals surface area contributed by atoms with Crippen LogP contribution >= 0.6 is 0 Å². The normalized spacial score (nSPS) is 13.0. The van der Waals surface area contributed by atoms with Gasteiger partial charge in [-0.3, -0.25) is 4.98 Å². The van der Waals surface area contributed by atoms with E-state index in [1.165, 1.54) is 16.5 Å².